The molecular weight excluding hydrogens is 134 g/mol. The van der Waals surface area contributed by atoms with Gasteiger partial charge in [-0.15, -0.1) is 0 Å². The molecule has 0 saturated carbocycles. The van der Waals surface area contributed by atoms with Gasteiger partial charge in [-0.1, -0.05) is 26.0 Å². The lowest BCUT2D eigenvalue weighted by molar-refractivity contribution is 0.137. The normalized spacial score (nSPS) is 11.0. The van der Waals surface area contributed by atoms with Crippen LogP contribution in [0.25, 0.3) is 0 Å². The van der Waals surface area contributed by atoms with Crippen LogP contribution in [0.15, 0.2) is 12.2 Å². The third-order valence-corrected chi connectivity index (χ3v) is 1.50. The van der Waals surface area contributed by atoms with Crippen molar-refractivity contribution >= 4 is 0 Å². The maximum Gasteiger partial charge on any atom is 0.238 e. The molecule has 0 spiro atoms. The molecule has 0 fully saturated rings. The van der Waals surface area contributed by atoms with Crippen LogP contribution in [0, 0.1) is 5.92 Å². The Morgan fingerprint density at radius 1 is 1.40 bits per heavy atom. The molecule has 0 amide bonds. The van der Waals surface area contributed by atoms with Gasteiger partial charge < -0.3 is 0 Å². The van der Waals surface area contributed by atoms with Crippen molar-refractivity contribution in [2.45, 2.75) is 33.1 Å². The highest BCUT2D eigenvalue weighted by molar-refractivity contribution is 4.96. The van der Waals surface area contributed by atoms with Crippen LogP contribution in [-0.2, 0) is 0 Å². The summed E-state index contributed by atoms with van der Waals surface area (Å²) in [4.78, 5) is 0. The van der Waals surface area contributed by atoms with Crippen LogP contribution in [0.5, 0.6) is 0 Å². The highest BCUT2D eigenvalue weighted by Gasteiger charge is 2.05. The van der Waals surface area contributed by atoms with E-state index in [0.717, 1.165) is 5.57 Å². The molecule has 0 radical (unpaired) electrons. The number of alkyl halides is 2. The van der Waals surface area contributed by atoms with Gasteiger partial charge in [0.25, 0.3) is 0 Å². The SMILES string of the molecule is C=C(CCC(F)F)C(C)C. The van der Waals surface area contributed by atoms with E-state index in [1.54, 1.807) is 0 Å². The minimum atomic E-state index is -2.18. The van der Waals surface area contributed by atoms with E-state index in [1.165, 1.54) is 0 Å². The van der Waals surface area contributed by atoms with Gasteiger partial charge in [0.05, 0.1) is 0 Å². The predicted molar refractivity (Wildman–Crippen MR) is 39.2 cm³/mol. The van der Waals surface area contributed by atoms with Crippen molar-refractivity contribution in [3.8, 4) is 0 Å². The van der Waals surface area contributed by atoms with E-state index < -0.39 is 6.43 Å². The first-order valence-corrected chi connectivity index (χ1v) is 3.50. The number of allylic oxidation sites excluding steroid dienone is 1. The van der Waals surface area contributed by atoms with Crippen molar-refractivity contribution in [2.24, 2.45) is 5.92 Å². The maximum atomic E-state index is 11.6. The minimum absolute atomic E-state index is 0.0446. The molecule has 0 N–H and O–H groups in total. The van der Waals surface area contributed by atoms with Crippen molar-refractivity contribution < 1.29 is 8.78 Å². The van der Waals surface area contributed by atoms with Gasteiger partial charge >= 0.3 is 0 Å². The molecule has 0 aliphatic carbocycles. The van der Waals surface area contributed by atoms with Crippen LogP contribution in [0.4, 0.5) is 8.78 Å². The molecule has 0 aliphatic heterocycles. The van der Waals surface area contributed by atoms with E-state index in [9.17, 15) is 8.78 Å². The number of hydrogen-bond acceptors (Lipinski definition) is 0. The molecule has 0 saturated heterocycles. The monoisotopic (exact) mass is 148 g/mol. The lowest BCUT2D eigenvalue weighted by Gasteiger charge is -2.07. The van der Waals surface area contributed by atoms with Crippen molar-refractivity contribution in [3.63, 3.8) is 0 Å². The molecule has 0 rings (SSSR count). The van der Waals surface area contributed by atoms with E-state index in [1.807, 2.05) is 13.8 Å². The van der Waals surface area contributed by atoms with Gasteiger partial charge in [-0.05, 0) is 12.3 Å². The maximum absolute atomic E-state index is 11.6. The summed E-state index contributed by atoms with van der Waals surface area (Å²) in [6, 6.07) is 0. The van der Waals surface area contributed by atoms with Crippen molar-refractivity contribution in [1.82, 2.24) is 0 Å². The molecule has 0 bridgehead atoms. The summed E-state index contributed by atoms with van der Waals surface area (Å²) in [5, 5.41) is 0. The van der Waals surface area contributed by atoms with E-state index in [0.29, 0.717) is 12.3 Å². The summed E-state index contributed by atoms with van der Waals surface area (Å²) in [6.45, 7) is 7.62. The number of rotatable bonds is 4. The largest absolute Gasteiger partial charge is 0.238 e. The zero-order valence-corrected chi connectivity index (χ0v) is 6.53. The Balaban J connectivity index is 3.40. The first-order valence-electron chi connectivity index (χ1n) is 3.50. The van der Waals surface area contributed by atoms with Crippen LogP contribution >= 0.6 is 0 Å². The Labute approximate surface area is 60.9 Å². The lowest BCUT2D eigenvalue weighted by atomic mass is 10.0. The summed E-state index contributed by atoms with van der Waals surface area (Å²) >= 11 is 0. The standard InChI is InChI=1S/C8H14F2/c1-6(2)7(3)4-5-8(9)10/h6,8H,3-5H2,1-2H3. The molecular formula is C8H14F2. The Morgan fingerprint density at radius 2 is 1.90 bits per heavy atom. The summed E-state index contributed by atoms with van der Waals surface area (Å²) in [6.07, 6.45) is -1.78. The molecule has 0 unspecified atom stereocenters. The predicted octanol–water partition coefficient (Wildman–Crippen LogP) is 3.24. The molecule has 0 nitrogen and oxygen atoms in total. The quantitative estimate of drug-likeness (QED) is 0.537. The fourth-order valence-electron chi connectivity index (χ4n) is 0.583. The van der Waals surface area contributed by atoms with Crippen LogP contribution in [0.2, 0.25) is 0 Å². The molecule has 0 aromatic carbocycles. The molecule has 0 heterocycles. The number of hydrogen-bond donors (Lipinski definition) is 0. The minimum Gasteiger partial charge on any atom is -0.211 e. The zero-order valence-electron chi connectivity index (χ0n) is 6.53. The summed E-state index contributed by atoms with van der Waals surface area (Å²) in [5.41, 5.74) is 0.917. The van der Waals surface area contributed by atoms with E-state index in [-0.39, 0.29) is 6.42 Å². The Morgan fingerprint density at radius 3 is 2.20 bits per heavy atom. The molecule has 60 valence electrons. The Hall–Kier alpha value is -0.400. The highest BCUT2D eigenvalue weighted by Crippen LogP contribution is 2.15. The van der Waals surface area contributed by atoms with Crippen molar-refractivity contribution in [2.75, 3.05) is 0 Å². The summed E-state index contributed by atoms with van der Waals surface area (Å²) in [7, 11) is 0. The smallest absolute Gasteiger partial charge is 0.211 e. The Kier molecular flexibility index (Phi) is 4.24. The van der Waals surface area contributed by atoms with Crippen molar-refractivity contribution in [3.05, 3.63) is 12.2 Å². The first-order chi connectivity index (χ1) is 4.54. The highest BCUT2D eigenvalue weighted by atomic mass is 19.3. The third-order valence-electron chi connectivity index (χ3n) is 1.50. The van der Waals surface area contributed by atoms with Gasteiger partial charge in [0, 0.05) is 6.42 Å². The molecule has 10 heavy (non-hydrogen) atoms. The average Bonchev–Trinajstić information content (AvgIpc) is 1.82. The fraction of sp³-hybridized carbons (Fsp3) is 0.750. The van der Waals surface area contributed by atoms with Gasteiger partial charge in [0.15, 0.2) is 0 Å². The van der Waals surface area contributed by atoms with Gasteiger partial charge in [-0.3, -0.25) is 0 Å². The third kappa shape index (κ3) is 4.48. The van der Waals surface area contributed by atoms with Gasteiger partial charge in [-0.2, -0.15) is 0 Å². The second-order valence-electron chi connectivity index (χ2n) is 2.74. The van der Waals surface area contributed by atoms with Gasteiger partial charge in [-0.25, -0.2) is 8.78 Å². The van der Waals surface area contributed by atoms with Crippen LogP contribution in [-0.4, -0.2) is 6.43 Å². The topological polar surface area (TPSA) is 0 Å². The van der Waals surface area contributed by atoms with Crippen LogP contribution in [0.3, 0.4) is 0 Å². The molecule has 0 atom stereocenters. The Bertz CT molecular complexity index is 106. The van der Waals surface area contributed by atoms with E-state index in [4.69, 9.17) is 0 Å². The fourth-order valence-corrected chi connectivity index (χ4v) is 0.583. The number of halogens is 2. The molecule has 0 aliphatic rings. The first kappa shape index (κ1) is 9.60. The second-order valence-corrected chi connectivity index (χ2v) is 2.74. The van der Waals surface area contributed by atoms with Crippen LogP contribution < -0.4 is 0 Å². The molecule has 0 aromatic heterocycles. The van der Waals surface area contributed by atoms with Gasteiger partial charge in [0.1, 0.15) is 0 Å². The zero-order chi connectivity index (χ0) is 8.15. The summed E-state index contributed by atoms with van der Waals surface area (Å²) in [5.74, 6) is 0.332. The van der Waals surface area contributed by atoms with E-state index in [2.05, 4.69) is 6.58 Å². The van der Waals surface area contributed by atoms with Crippen molar-refractivity contribution in [1.29, 1.82) is 0 Å². The van der Waals surface area contributed by atoms with Crippen LogP contribution in [0.1, 0.15) is 26.7 Å². The summed E-state index contributed by atoms with van der Waals surface area (Å²) < 4.78 is 23.2. The average molecular weight is 148 g/mol. The lowest BCUT2D eigenvalue weighted by Crippen LogP contribution is -1.96. The van der Waals surface area contributed by atoms with E-state index >= 15 is 0 Å². The molecule has 2 heteroatoms. The van der Waals surface area contributed by atoms with Gasteiger partial charge in [0.2, 0.25) is 6.43 Å². The molecule has 0 aromatic rings. The second kappa shape index (κ2) is 4.42.